The first-order valence-electron chi connectivity index (χ1n) is 7.84. The van der Waals surface area contributed by atoms with E-state index in [1.54, 1.807) is 0 Å². The Hall–Kier alpha value is -1.06. The number of amides is 1. The second-order valence-electron chi connectivity index (χ2n) is 5.81. The Morgan fingerprint density at radius 2 is 1.86 bits per heavy atom. The molecule has 118 valence electrons. The van der Waals surface area contributed by atoms with Gasteiger partial charge in [-0.25, -0.2) is 0 Å². The SMILES string of the molecule is Cl.NCCC(=O)NC(CC1CCCCC1)c1ccccc1. The molecule has 1 saturated carbocycles. The molecule has 1 aliphatic rings. The van der Waals surface area contributed by atoms with Crippen LogP contribution in [0, 0.1) is 5.92 Å². The lowest BCUT2D eigenvalue weighted by Crippen LogP contribution is -2.31. The van der Waals surface area contributed by atoms with Gasteiger partial charge in [-0.15, -0.1) is 12.4 Å². The van der Waals surface area contributed by atoms with E-state index in [9.17, 15) is 4.79 Å². The number of benzene rings is 1. The van der Waals surface area contributed by atoms with E-state index in [2.05, 4.69) is 17.4 Å². The van der Waals surface area contributed by atoms with Crippen molar-refractivity contribution in [2.45, 2.75) is 51.0 Å². The summed E-state index contributed by atoms with van der Waals surface area (Å²) in [6.45, 7) is 0.413. The van der Waals surface area contributed by atoms with Gasteiger partial charge in [-0.05, 0) is 17.9 Å². The van der Waals surface area contributed by atoms with Crippen molar-refractivity contribution in [2.24, 2.45) is 11.7 Å². The molecule has 0 heterocycles. The van der Waals surface area contributed by atoms with Crippen molar-refractivity contribution in [3.8, 4) is 0 Å². The largest absolute Gasteiger partial charge is 0.349 e. The van der Waals surface area contributed by atoms with Crippen LogP contribution in [0.15, 0.2) is 30.3 Å². The minimum absolute atomic E-state index is 0. The highest BCUT2D eigenvalue weighted by Crippen LogP contribution is 2.31. The number of nitrogens with one attached hydrogen (secondary N) is 1. The Labute approximate surface area is 134 Å². The van der Waals surface area contributed by atoms with Crippen molar-refractivity contribution in [3.05, 3.63) is 35.9 Å². The van der Waals surface area contributed by atoms with Gasteiger partial charge in [0.05, 0.1) is 6.04 Å². The zero-order chi connectivity index (χ0) is 14.2. The van der Waals surface area contributed by atoms with E-state index in [1.165, 1.54) is 37.7 Å². The van der Waals surface area contributed by atoms with Gasteiger partial charge < -0.3 is 11.1 Å². The van der Waals surface area contributed by atoms with Crippen molar-refractivity contribution in [3.63, 3.8) is 0 Å². The maximum Gasteiger partial charge on any atom is 0.221 e. The summed E-state index contributed by atoms with van der Waals surface area (Å²) in [5.41, 5.74) is 6.68. The van der Waals surface area contributed by atoms with Crippen LogP contribution in [0.25, 0.3) is 0 Å². The fourth-order valence-electron chi connectivity index (χ4n) is 3.12. The Bertz CT molecular complexity index is 405. The van der Waals surface area contributed by atoms with E-state index in [-0.39, 0.29) is 24.4 Å². The predicted molar refractivity (Wildman–Crippen MR) is 89.4 cm³/mol. The molecule has 21 heavy (non-hydrogen) atoms. The topological polar surface area (TPSA) is 55.1 Å². The molecule has 0 radical (unpaired) electrons. The monoisotopic (exact) mass is 310 g/mol. The maximum absolute atomic E-state index is 11.9. The molecule has 1 aromatic rings. The number of rotatable bonds is 6. The van der Waals surface area contributed by atoms with Gasteiger partial charge in [-0.1, -0.05) is 62.4 Å². The lowest BCUT2D eigenvalue weighted by atomic mass is 9.83. The first kappa shape index (κ1) is 18.0. The fraction of sp³-hybridized carbons (Fsp3) is 0.588. The van der Waals surface area contributed by atoms with Gasteiger partial charge in [-0.2, -0.15) is 0 Å². The van der Waals surface area contributed by atoms with Gasteiger partial charge in [-0.3, -0.25) is 4.79 Å². The van der Waals surface area contributed by atoms with Crippen LogP contribution in [0.4, 0.5) is 0 Å². The molecular weight excluding hydrogens is 284 g/mol. The molecule has 3 N–H and O–H groups in total. The highest BCUT2D eigenvalue weighted by atomic mass is 35.5. The van der Waals surface area contributed by atoms with Crippen LogP contribution in [0.1, 0.15) is 56.6 Å². The first-order valence-corrected chi connectivity index (χ1v) is 7.84. The van der Waals surface area contributed by atoms with E-state index in [1.807, 2.05) is 18.2 Å². The average Bonchev–Trinajstić information content (AvgIpc) is 2.49. The van der Waals surface area contributed by atoms with E-state index in [4.69, 9.17) is 5.73 Å². The van der Waals surface area contributed by atoms with E-state index < -0.39 is 0 Å². The minimum atomic E-state index is 0. The van der Waals surface area contributed by atoms with Crippen LogP contribution in [0.3, 0.4) is 0 Å². The molecule has 0 aromatic heterocycles. The molecule has 4 heteroatoms. The molecule has 1 atom stereocenters. The van der Waals surface area contributed by atoms with Crippen molar-refractivity contribution < 1.29 is 4.79 Å². The fourth-order valence-corrected chi connectivity index (χ4v) is 3.12. The molecule has 0 spiro atoms. The van der Waals surface area contributed by atoms with Gasteiger partial charge in [0, 0.05) is 13.0 Å². The number of hydrogen-bond acceptors (Lipinski definition) is 2. The van der Waals surface area contributed by atoms with Crippen LogP contribution in [-0.2, 0) is 4.79 Å². The number of carbonyl (C=O) groups is 1. The van der Waals surface area contributed by atoms with E-state index in [0.717, 1.165) is 12.3 Å². The number of halogens is 1. The molecule has 2 rings (SSSR count). The van der Waals surface area contributed by atoms with E-state index >= 15 is 0 Å². The lowest BCUT2D eigenvalue weighted by Gasteiger charge is -2.27. The summed E-state index contributed by atoms with van der Waals surface area (Å²) in [5.74, 6) is 0.810. The summed E-state index contributed by atoms with van der Waals surface area (Å²) >= 11 is 0. The summed E-state index contributed by atoms with van der Waals surface area (Å²) in [6.07, 6.45) is 8.11. The smallest absolute Gasteiger partial charge is 0.221 e. The predicted octanol–water partition coefficient (Wildman–Crippen LogP) is 3.58. The summed E-state index contributed by atoms with van der Waals surface area (Å²) in [7, 11) is 0. The molecule has 0 bridgehead atoms. The van der Waals surface area contributed by atoms with Crippen molar-refractivity contribution in [1.29, 1.82) is 0 Å². The molecule has 1 aliphatic carbocycles. The second-order valence-corrected chi connectivity index (χ2v) is 5.81. The third kappa shape index (κ3) is 6.06. The molecule has 1 aromatic carbocycles. The zero-order valence-electron chi connectivity index (χ0n) is 12.6. The molecule has 3 nitrogen and oxygen atoms in total. The quantitative estimate of drug-likeness (QED) is 0.843. The standard InChI is InChI=1S/C17H26N2O.ClH/c18-12-11-17(20)19-16(15-9-5-2-6-10-15)13-14-7-3-1-4-8-14;/h2,5-6,9-10,14,16H,1,3-4,7-8,11-13,18H2,(H,19,20);1H. The summed E-state index contributed by atoms with van der Waals surface area (Å²) in [5, 5.41) is 3.16. The van der Waals surface area contributed by atoms with Crippen molar-refractivity contribution in [2.75, 3.05) is 6.54 Å². The Morgan fingerprint density at radius 3 is 2.48 bits per heavy atom. The number of nitrogens with two attached hydrogens (primary N) is 1. The van der Waals surface area contributed by atoms with Gasteiger partial charge in [0.2, 0.25) is 5.91 Å². The van der Waals surface area contributed by atoms with Gasteiger partial charge >= 0.3 is 0 Å². The Morgan fingerprint density at radius 1 is 1.19 bits per heavy atom. The van der Waals surface area contributed by atoms with Crippen LogP contribution in [-0.4, -0.2) is 12.5 Å². The normalized spacial score (nSPS) is 16.8. The molecule has 0 aliphatic heterocycles. The highest BCUT2D eigenvalue weighted by molar-refractivity contribution is 5.85. The zero-order valence-corrected chi connectivity index (χ0v) is 13.4. The highest BCUT2D eigenvalue weighted by Gasteiger charge is 2.21. The third-order valence-corrected chi connectivity index (χ3v) is 4.20. The summed E-state index contributed by atoms with van der Waals surface area (Å²) in [4.78, 5) is 11.9. The van der Waals surface area contributed by atoms with Gasteiger partial charge in [0.25, 0.3) is 0 Å². The van der Waals surface area contributed by atoms with Gasteiger partial charge in [0.15, 0.2) is 0 Å². The average molecular weight is 311 g/mol. The van der Waals surface area contributed by atoms with Crippen LogP contribution >= 0.6 is 12.4 Å². The van der Waals surface area contributed by atoms with Crippen LogP contribution in [0.5, 0.6) is 0 Å². The molecule has 1 unspecified atom stereocenters. The maximum atomic E-state index is 11.9. The lowest BCUT2D eigenvalue weighted by molar-refractivity contribution is -0.121. The molecule has 1 amide bonds. The summed E-state index contributed by atoms with van der Waals surface area (Å²) < 4.78 is 0. The van der Waals surface area contributed by atoms with Crippen molar-refractivity contribution >= 4 is 18.3 Å². The molecule has 0 saturated heterocycles. The Balaban J connectivity index is 0.00000220. The van der Waals surface area contributed by atoms with Gasteiger partial charge in [0.1, 0.15) is 0 Å². The van der Waals surface area contributed by atoms with Crippen molar-refractivity contribution in [1.82, 2.24) is 5.32 Å². The minimum Gasteiger partial charge on any atom is -0.349 e. The van der Waals surface area contributed by atoms with Crippen LogP contribution in [0.2, 0.25) is 0 Å². The number of hydrogen-bond donors (Lipinski definition) is 2. The summed E-state index contributed by atoms with van der Waals surface area (Å²) in [6, 6.07) is 10.4. The molecular formula is C17H27ClN2O. The number of carbonyl (C=O) groups excluding carboxylic acids is 1. The molecule has 1 fully saturated rings. The third-order valence-electron chi connectivity index (χ3n) is 4.20. The van der Waals surface area contributed by atoms with E-state index in [0.29, 0.717) is 13.0 Å². The van der Waals surface area contributed by atoms with Crippen LogP contribution < -0.4 is 11.1 Å². The second kappa shape index (κ2) is 9.80. The Kier molecular flexibility index (Phi) is 8.40. The first-order chi connectivity index (χ1) is 9.79.